The van der Waals surface area contributed by atoms with Gasteiger partial charge in [-0.3, -0.25) is 4.99 Å². The van der Waals surface area contributed by atoms with E-state index in [4.69, 9.17) is 0 Å². The first-order chi connectivity index (χ1) is 13.2. The van der Waals surface area contributed by atoms with Crippen LogP contribution in [-0.2, 0) is 18.7 Å². The molecule has 0 aliphatic rings. The Morgan fingerprint density at radius 2 is 2.11 bits per heavy atom. The van der Waals surface area contributed by atoms with E-state index in [0.717, 1.165) is 47.1 Å². The van der Waals surface area contributed by atoms with Crippen molar-refractivity contribution in [2.75, 3.05) is 19.8 Å². The van der Waals surface area contributed by atoms with Crippen molar-refractivity contribution < 1.29 is 4.39 Å². The van der Waals surface area contributed by atoms with E-state index in [1.165, 1.54) is 6.07 Å². The molecule has 2 N–H and O–H groups in total. The van der Waals surface area contributed by atoms with Gasteiger partial charge in [-0.25, -0.2) is 9.37 Å². The molecule has 0 saturated carbocycles. The monoisotopic (exact) mass is 385 g/mol. The van der Waals surface area contributed by atoms with E-state index < -0.39 is 0 Å². The Hall–Kier alpha value is -2.54. The summed E-state index contributed by atoms with van der Waals surface area (Å²) < 4.78 is 15.5. The normalized spacial score (nSPS) is 11.7. The van der Waals surface area contributed by atoms with Crippen molar-refractivity contribution in [3.63, 3.8) is 0 Å². The average Bonchev–Trinajstić information content (AvgIpc) is 3.09. The Labute approximate surface area is 163 Å². The van der Waals surface area contributed by atoms with Crippen molar-refractivity contribution in [1.29, 1.82) is 0 Å². The molecule has 0 bridgehead atoms. The van der Waals surface area contributed by atoms with Crippen molar-refractivity contribution in [3.05, 3.63) is 71.4 Å². The van der Waals surface area contributed by atoms with Gasteiger partial charge in [0.1, 0.15) is 11.5 Å². The van der Waals surface area contributed by atoms with Crippen LogP contribution in [0.3, 0.4) is 0 Å². The van der Waals surface area contributed by atoms with Crippen LogP contribution in [0.15, 0.2) is 53.8 Å². The zero-order valence-electron chi connectivity index (χ0n) is 15.6. The van der Waals surface area contributed by atoms with Gasteiger partial charge in [0.25, 0.3) is 0 Å². The number of hydrogen-bond acceptors (Lipinski definition) is 3. The minimum atomic E-state index is -0.197. The molecule has 3 aromatic rings. The van der Waals surface area contributed by atoms with E-state index in [0.29, 0.717) is 6.54 Å². The highest BCUT2D eigenvalue weighted by Crippen LogP contribution is 2.16. The fraction of sp³-hybridized carbons (Fsp3) is 0.300. The molecule has 2 heterocycles. The Bertz CT molecular complexity index is 889. The maximum Gasteiger partial charge on any atom is 0.191 e. The number of fused-ring (bicyclic) bond motifs is 1. The summed E-state index contributed by atoms with van der Waals surface area (Å²) in [5.74, 6) is 1.31. The molecule has 0 fully saturated rings. The zero-order valence-corrected chi connectivity index (χ0v) is 16.4. The molecular weight excluding hydrogens is 361 g/mol. The number of imidazole rings is 1. The van der Waals surface area contributed by atoms with Crippen LogP contribution >= 0.6 is 11.8 Å². The van der Waals surface area contributed by atoms with Gasteiger partial charge in [0.2, 0.25) is 0 Å². The number of pyridine rings is 1. The van der Waals surface area contributed by atoms with Crippen LogP contribution in [0.4, 0.5) is 4.39 Å². The fourth-order valence-corrected chi connectivity index (χ4v) is 3.45. The molecule has 142 valence electrons. The maximum absolute atomic E-state index is 13.5. The second-order valence-corrected chi connectivity index (χ2v) is 7.01. The first-order valence-corrected chi connectivity index (χ1v) is 10.2. The first kappa shape index (κ1) is 19.2. The molecule has 2 aromatic heterocycles. The lowest BCUT2D eigenvalue weighted by Crippen LogP contribution is -2.38. The van der Waals surface area contributed by atoms with Crippen LogP contribution in [0.1, 0.15) is 16.8 Å². The lowest BCUT2D eigenvalue weighted by molar-refractivity contribution is 0.625. The van der Waals surface area contributed by atoms with Crippen LogP contribution in [0.2, 0.25) is 0 Å². The number of thioether (sulfide) groups is 1. The minimum Gasteiger partial charge on any atom is -0.356 e. The summed E-state index contributed by atoms with van der Waals surface area (Å²) in [5, 5.41) is 6.60. The number of benzene rings is 1. The summed E-state index contributed by atoms with van der Waals surface area (Å²) in [4.78, 5) is 8.85. The van der Waals surface area contributed by atoms with Gasteiger partial charge in [-0.2, -0.15) is 11.8 Å². The van der Waals surface area contributed by atoms with Crippen molar-refractivity contribution >= 4 is 23.4 Å². The van der Waals surface area contributed by atoms with Gasteiger partial charge in [-0.15, -0.1) is 0 Å². The second kappa shape index (κ2) is 9.41. The molecule has 0 aliphatic carbocycles. The molecule has 0 aliphatic heterocycles. The van der Waals surface area contributed by atoms with Crippen molar-refractivity contribution in [2.45, 2.75) is 18.7 Å². The molecule has 3 rings (SSSR count). The SMILES string of the molecule is CN=C(NCCc1cn2ccccc2n1)NCc1ccc(F)cc1CSC. The van der Waals surface area contributed by atoms with Crippen LogP contribution in [0.5, 0.6) is 0 Å². The second-order valence-electron chi connectivity index (χ2n) is 6.15. The number of aromatic nitrogens is 2. The van der Waals surface area contributed by atoms with Gasteiger partial charge < -0.3 is 15.0 Å². The van der Waals surface area contributed by atoms with Crippen LogP contribution < -0.4 is 10.6 Å². The topological polar surface area (TPSA) is 53.7 Å². The highest BCUT2D eigenvalue weighted by Gasteiger charge is 2.06. The highest BCUT2D eigenvalue weighted by molar-refractivity contribution is 7.97. The van der Waals surface area contributed by atoms with Gasteiger partial charge >= 0.3 is 0 Å². The Kier molecular flexibility index (Phi) is 6.70. The van der Waals surface area contributed by atoms with Crippen LogP contribution in [0, 0.1) is 5.82 Å². The smallest absolute Gasteiger partial charge is 0.191 e. The van der Waals surface area contributed by atoms with Gasteiger partial charge in [-0.05, 0) is 41.6 Å². The molecule has 0 amide bonds. The van der Waals surface area contributed by atoms with Crippen LogP contribution in [-0.4, -0.2) is 35.2 Å². The number of aliphatic imine (C=N–C) groups is 1. The number of hydrogen-bond donors (Lipinski definition) is 2. The maximum atomic E-state index is 13.5. The molecule has 7 heteroatoms. The standard InChI is InChI=1S/C20H24FN5S/c1-22-20(24-12-15-6-7-17(21)11-16(15)14-27-2)23-9-8-18-13-26-10-4-3-5-19(26)25-18/h3-7,10-11,13H,8-9,12,14H2,1-2H3,(H2,22,23,24). The van der Waals surface area contributed by atoms with Gasteiger partial charge in [0.15, 0.2) is 5.96 Å². The third kappa shape index (κ3) is 5.23. The van der Waals surface area contributed by atoms with Crippen molar-refractivity contribution in [2.24, 2.45) is 4.99 Å². The summed E-state index contributed by atoms with van der Waals surface area (Å²) in [6.07, 6.45) is 6.85. The molecule has 0 radical (unpaired) electrons. The lowest BCUT2D eigenvalue weighted by Gasteiger charge is -2.14. The fourth-order valence-electron chi connectivity index (χ4n) is 2.87. The van der Waals surface area contributed by atoms with Crippen LogP contribution in [0.25, 0.3) is 5.65 Å². The average molecular weight is 386 g/mol. The molecule has 0 unspecified atom stereocenters. The summed E-state index contributed by atoms with van der Waals surface area (Å²) in [5.41, 5.74) is 4.07. The molecule has 0 atom stereocenters. The zero-order chi connectivity index (χ0) is 19.1. The first-order valence-electron chi connectivity index (χ1n) is 8.83. The molecule has 0 spiro atoms. The highest BCUT2D eigenvalue weighted by atomic mass is 32.2. The molecule has 1 aromatic carbocycles. The van der Waals surface area contributed by atoms with E-state index >= 15 is 0 Å². The summed E-state index contributed by atoms with van der Waals surface area (Å²) >= 11 is 1.68. The Morgan fingerprint density at radius 1 is 1.22 bits per heavy atom. The third-order valence-corrected chi connectivity index (χ3v) is 4.83. The van der Waals surface area contributed by atoms with E-state index in [9.17, 15) is 4.39 Å². The van der Waals surface area contributed by atoms with Gasteiger partial charge in [0, 0.05) is 44.7 Å². The summed E-state index contributed by atoms with van der Waals surface area (Å²) in [7, 11) is 1.74. The minimum absolute atomic E-state index is 0.197. The summed E-state index contributed by atoms with van der Waals surface area (Å²) in [6, 6.07) is 10.9. The van der Waals surface area contributed by atoms with E-state index in [2.05, 4.69) is 20.6 Å². The third-order valence-electron chi connectivity index (χ3n) is 4.23. The van der Waals surface area contributed by atoms with Crippen molar-refractivity contribution in [1.82, 2.24) is 20.0 Å². The molecule has 27 heavy (non-hydrogen) atoms. The Balaban J connectivity index is 1.52. The van der Waals surface area contributed by atoms with Gasteiger partial charge in [-0.1, -0.05) is 12.1 Å². The largest absolute Gasteiger partial charge is 0.356 e. The predicted octanol–water partition coefficient (Wildman–Crippen LogP) is 3.24. The number of nitrogens with zero attached hydrogens (tertiary/aromatic N) is 3. The van der Waals surface area contributed by atoms with E-state index in [1.54, 1.807) is 24.9 Å². The quantitative estimate of drug-likeness (QED) is 0.484. The van der Waals surface area contributed by atoms with E-state index in [1.807, 2.05) is 47.3 Å². The van der Waals surface area contributed by atoms with Crippen molar-refractivity contribution in [3.8, 4) is 0 Å². The van der Waals surface area contributed by atoms with Gasteiger partial charge in [0.05, 0.1) is 5.69 Å². The molecule has 5 nitrogen and oxygen atoms in total. The molecule has 0 saturated heterocycles. The van der Waals surface area contributed by atoms with E-state index in [-0.39, 0.29) is 5.82 Å². The number of rotatable bonds is 7. The number of halogens is 1. The predicted molar refractivity (Wildman–Crippen MR) is 111 cm³/mol. The molecular formula is C20H24FN5S. The summed E-state index contributed by atoms with van der Waals surface area (Å²) in [6.45, 7) is 1.33. The Morgan fingerprint density at radius 3 is 2.89 bits per heavy atom. The lowest BCUT2D eigenvalue weighted by atomic mass is 10.1. The number of guanidine groups is 1. The number of nitrogens with one attached hydrogen (secondary N) is 2.